The van der Waals surface area contributed by atoms with E-state index in [4.69, 9.17) is 0 Å². The van der Waals surface area contributed by atoms with Gasteiger partial charge in [-0.3, -0.25) is 9.59 Å². The summed E-state index contributed by atoms with van der Waals surface area (Å²) in [7, 11) is 1.34. The molecule has 0 radical (unpaired) electrons. The van der Waals surface area contributed by atoms with Crippen LogP contribution in [0.3, 0.4) is 0 Å². The molecule has 0 saturated heterocycles. The van der Waals surface area contributed by atoms with Crippen LogP contribution in [0.15, 0.2) is 0 Å². The Morgan fingerprint density at radius 2 is 2.09 bits per heavy atom. The largest absolute Gasteiger partial charge is 0.469 e. The molecule has 0 fully saturated rings. The number of thioether (sulfide) groups is 1. The summed E-state index contributed by atoms with van der Waals surface area (Å²) >= 11 is 1.14. The molecule has 1 unspecified atom stereocenters. The monoisotopic (exact) mass is 176 g/mol. The maximum absolute atomic E-state index is 10.8. The fourth-order valence-electron chi connectivity index (χ4n) is 0.512. The highest BCUT2D eigenvalue weighted by molar-refractivity contribution is 8.13. The zero-order valence-electron chi connectivity index (χ0n) is 6.92. The first-order valence-electron chi connectivity index (χ1n) is 3.29. The second kappa shape index (κ2) is 5.18. The van der Waals surface area contributed by atoms with Crippen LogP contribution in [0.25, 0.3) is 0 Å². The summed E-state index contributed by atoms with van der Waals surface area (Å²) in [5.74, 6) is 0.0369. The Morgan fingerprint density at radius 1 is 1.55 bits per heavy atom. The molecule has 0 N–H and O–H groups in total. The minimum absolute atomic E-state index is 0.0285. The zero-order chi connectivity index (χ0) is 8.85. The SMILES string of the molecule is COC(=O)C(C)CSC(C)=O. The van der Waals surface area contributed by atoms with Crippen molar-refractivity contribution in [1.82, 2.24) is 0 Å². The van der Waals surface area contributed by atoms with E-state index in [9.17, 15) is 9.59 Å². The standard InChI is InChI=1S/C7H12O3S/c1-5(7(9)10-3)4-11-6(2)8/h5H,4H2,1-3H3. The molecule has 0 spiro atoms. The number of ether oxygens (including phenoxy) is 1. The van der Waals surface area contributed by atoms with Crippen molar-refractivity contribution in [1.29, 1.82) is 0 Å². The molecule has 0 amide bonds. The third-order valence-corrected chi connectivity index (χ3v) is 2.21. The molecule has 0 aromatic heterocycles. The molecule has 0 aliphatic rings. The molecule has 64 valence electrons. The first kappa shape index (κ1) is 10.5. The van der Waals surface area contributed by atoms with E-state index in [0.29, 0.717) is 5.75 Å². The normalized spacial score (nSPS) is 12.3. The fourth-order valence-corrected chi connectivity index (χ4v) is 1.13. The van der Waals surface area contributed by atoms with Crippen molar-refractivity contribution in [3.05, 3.63) is 0 Å². The highest BCUT2D eigenvalue weighted by Crippen LogP contribution is 2.09. The van der Waals surface area contributed by atoms with Crippen molar-refractivity contribution in [2.75, 3.05) is 12.9 Å². The summed E-state index contributed by atoms with van der Waals surface area (Å²) in [6.07, 6.45) is 0. The second-order valence-electron chi connectivity index (χ2n) is 2.23. The van der Waals surface area contributed by atoms with Gasteiger partial charge in [-0.15, -0.1) is 0 Å². The number of hydrogen-bond acceptors (Lipinski definition) is 4. The molecule has 3 nitrogen and oxygen atoms in total. The Labute approximate surface area is 70.5 Å². The van der Waals surface area contributed by atoms with Gasteiger partial charge in [0.2, 0.25) is 0 Å². The fraction of sp³-hybridized carbons (Fsp3) is 0.714. The van der Waals surface area contributed by atoms with E-state index in [-0.39, 0.29) is 17.0 Å². The molecule has 0 rings (SSSR count). The lowest BCUT2D eigenvalue weighted by Crippen LogP contribution is -2.15. The van der Waals surface area contributed by atoms with Crippen LogP contribution in [0, 0.1) is 5.92 Å². The number of methoxy groups -OCH3 is 1. The van der Waals surface area contributed by atoms with Gasteiger partial charge in [0.05, 0.1) is 13.0 Å². The van der Waals surface area contributed by atoms with E-state index >= 15 is 0 Å². The van der Waals surface area contributed by atoms with Gasteiger partial charge in [-0.05, 0) is 0 Å². The van der Waals surface area contributed by atoms with Gasteiger partial charge < -0.3 is 4.74 Å². The Bertz CT molecular complexity index is 156. The van der Waals surface area contributed by atoms with Crippen LogP contribution < -0.4 is 0 Å². The quantitative estimate of drug-likeness (QED) is 0.603. The van der Waals surface area contributed by atoms with Crippen molar-refractivity contribution in [2.24, 2.45) is 5.92 Å². The molecule has 0 saturated carbocycles. The molecule has 0 aromatic rings. The Kier molecular flexibility index (Phi) is 4.94. The lowest BCUT2D eigenvalue weighted by Gasteiger charge is -2.05. The van der Waals surface area contributed by atoms with Crippen LogP contribution in [-0.4, -0.2) is 23.9 Å². The molecule has 0 aliphatic heterocycles. The van der Waals surface area contributed by atoms with E-state index in [1.807, 2.05) is 0 Å². The van der Waals surface area contributed by atoms with Crippen molar-refractivity contribution < 1.29 is 14.3 Å². The summed E-state index contributed by atoms with van der Waals surface area (Å²) in [6.45, 7) is 3.22. The maximum atomic E-state index is 10.8. The van der Waals surface area contributed by atoms with E-state index < -0.39 is 0 Å². The molecule has 0 heterocycles. The molecule has 0 bridgehead atoms. The van der Waals surface area contributed by atoms with Crippen LogP contribution in [0.5, 0.6) is 0 Å². The van der Waals surface area contributed by atoms with Gasteiger partial charge in [0.1, 0.15) is 0 Å². The van der Waals surface area contributed by atoms with Crippen molar-refractivity contribution in [3.8, 4) is 0 Å². The predicted molar refractivity (Wildman–Crippen MR) is 44.3 cm³/mol. The third-order valence-electron chi connectivity index (χ3n) is 1.14. The van der Waals surface area contributed by atoms with Crippen molar-refractivity contribution in [3.63, 3.8) is 0 Å². The van der Waals surface area contributed by atoms with Crippen LogP contribution in [0.1, 0.15) is 13.8 Å². The second-order valence-corrected chi connectivity index (χ2v) is 3.42. The third kappa shape index (κ3) is 4.84. The summed E-state index contributed by atoms with van der Waals surface area (Å²) in [4.78, 5) is 21.2. The van der Waals surface area contributed by atoms with Gasteiger partial charge in [0.25, 0.3) is 0 Å². The maximum Gasteiger partial charge on any atom is 0.309 e. The topological polar surface area (TPSA) is 43.4 Å². The van der Waals surface area contributed by atoms with Crippen LogP contribution >= 0.6 is 11.8 Å². The highest BCUT2D eigenvalue weighted by atomic mass is 32.2. The van der Waals surface area contributed by atoms with Crippen molar-refractivity contribution in [2.45, 2.75) is 13.8 Å². The number of hydrogen-bond donors (Lipinski definition) is 0. The molecular weight excluding hydrogens is 164 g/mol. The predicted octanol–water partition coefficient (Wildman–Crippen LogP) is 1.08. The lowest BCUT2D eigenvalue weighted by molar-refractivity contribution is -0.143. The minimum atomic E-state index is -0.265. The molecule has 11 heavy (non-hydrogen) atoms. The highest BCUT2D eigenvalue weighted by Gasteiger charge is 2.13. The summed E-state index contributed by atoms with van der Waals surface area (Å²) < 4.78 is 4.48. The van der Waals surface area contributed by atoms with Gasteiger partial charge in [-0.2, -0.15) is 0 Å². The smallest absolute Gasteiger partial charge is 0.309 e. The molecule has 4 heteroatoms. The van der Waals surface area contributed by atoms with Gasteiger partial charge in [0, 0.05) is 12.7 Å². The number of rotatable bonds is 3. The lowest BCUT2D eigenvalue weighted by atomic mass is 10.2. The van der Waals surface area contributed by atoms with Gasteiger partial charge in [0.15, 0.2) is 5.12 Å². The average molecular weight is 176 g/mol. The van der Waals surface area contributed by atoms with Gasteiger partial charge in [-0.1, -0.05) is 18.7 Å². The zero-order valence-corrected chi connectivity index (χ0v) is 7.73. The summed E-state index contributed by atoms with van der Waals surface area (Å²) in [6, 6.07) is 0. The number of carbonyl (C=O) groups is 2. The van der Waals surface area contributed by atoms with E-state index in [1.54, 1.807) is 6.92 Å². The van der Waals surface area contributed by atoms with E-state index in [1.165, 1.54) is 14.0 Å². The van der Waals surface area contributed by atoms with Crippen LogP contribution in [0.4, 0.5) is 0 Å². The van der Waals surface area contributed by atoms with Gasteiger partial charge in [-0.25, -0.2) is 0 Å². The number of esters is 1. The van der Waals surface area contributed by atoms with Gasteiger partial charge >= 0.3 is 5.97 Å². The van der Waals surface area contributed by atoms with Crippen molar-refractivity contribution >= 4 is 22.8 Å². The van der Waals surface area contributed by atoms with Crippen LogP contribution in [-0.2, 0) is 14.3 Å². The first-order chi connectivity index (χ1) is 5.07. The first-order valence-corrected chi connectivity index (χ1v) is 4.27. The molecule has 1 atom stereocenters. The minimum Gasteiger partial charge on any atom is -0.469 e. The average Bonchev–Trinajstić information content (AvgIpc) is 1.98. The molecular formula is C7H12O3S. The Morgan fingerprint density at radius 3 is 2.45 bits per heavy atom. The molecule has 0 aromatic carbocycles. The Hall–Kier alpha value is -0.510. The van der Waals surface area contributed by atoms with E-state index in [2.05, 4.69) is 4.74 Å². The van der Waals surface area contributed by atoms with E-state index in [0.717, 1.165) is 11.8 Å². The molecule has 0 aliphatic carbocycles. The van der Waals surface area contributed by atoms with Crippen LogP contribution in [0.2, 0.25) is 0 Å². The summed E-state index contributed by atoms with van der Waals surface area (Å²) in [5, 5.41) is 0.0285. The Balaban J connectivity index is 3.60. The summed E-state index contributed by atoms with van der Waals surface area (Å²) in [5.41, 5.74) is 0. The number of carbonyl (C=O) groups excluding carboxylic acids is 2.